The van der Waals surface area contributed by atoms with Crippen LogP contribution in [-0.4, -0.2) is 56.4 Å². The van der Waals surface area contributed by atoms with Crippen LogP contribution in [0.4, 0.5) is 9.18 Å². The molecule has 24 heavy (non-hydrogen) atoms. The number of carbonyl (C=O) groups is 1. The first-order chi connectivity index (χ1) is 11.5. The van der Waals surface area contributed by atoms with Gasteiger partial charge in [0.25, 0.3) is 0 Å². The number of likely N-dealkylation sites (N-methyl/N-ethyl adjacent to an activating group) is 1. The maximum absolute atomic E-state index is 13.3. The molecule has 132 valence electrons. The average molecular weight is 335 g/mol. The molecule has 3 rings (SSSR count). The van der Waals surface area contributed by atoms with E-state index in [-0.39, 0.29) is 29.3 Å². The van der Waals surface area contributed by atoms with Crippen molar-refractivity contribution in [2.45, 2.75) is 36.8 Å². The van der Waals surface area contributed by atoms with E-state index in [4.69, 9.17) is 4.74 Å². The minimum absolute atomic E-state index is 0.0406. The van der Waals surface area contributed by atoms with Crippen molar-refractivity contribution in [3.8, 4) is 0 Å². The Morgan fingerprint density at radius 3 is 2.79 bits per heavy atom. The third kappa shape index (κ3) is 3.87. The molecule has 1 heterocycles. The molecule has 6 heteroatoms. The molecule has 1 aliphatic carbocycles. The minimum Gasteiger partial charge on any atom is -0.381 e. The Morgan fingerprint density at radius 2 is 2.12 bits per heavy atom. The molecule has 0 unspecified atom stereocenters. The van der Waals surface area contributed by atoms with E-state index in [0.29, 0.717) is 6.54 Å². The van der Waals surface area contributed by atoms with Crippen LogP contribution in [-0.2, 0) is 4.74 Å². The van der Waals surface area contributed by atoms with Gasteiger partial charge in [-0.2, -0.15) is 0 Å². The molecule has 0 bridgehead atoms. The number of hydrogen-bond acceptors (Lipinski definition) is 3. The summed E-state index contributed by atoms with van der Waals surface area (Å²) in [5, 5.41) is 6.00. The zero-order chi connectivity index (χ0) is 17.2. The van der Waals surface area contributed by atoms with Crippen molar-refractivity contribution in [2.75, 3.05) is 33.9 Å². The zero-order valence-electron chi connectivity index (χ0n) is 14.3. The summed E-state index contributed by atoms with van der Waals surface area (Å²) >= 11 is 0. The monoisotopic (exact) mass is 335 g/mol. The maximum Gasteiger partial charge on any atom is 0.315 e. The Hall–Kier alpha value is -1.66. The molecule has 1 aliphatic heterocycles. The van der Waals surface area contributed by atoms with Crippen molar-refractivity contribution in [3.63, 3.8) is 0 Å². The van der Waals surface area contributed by atoms with Gasteiger partial charge in [0.1, 0.15) is 5.82 Å². The Morgan fingerprint density at radius 1 is 1.38 bits per heavy atom. The smallest absolute Gasteiger partial charge is 0.315 e. The summed E-state index contributed by atoms with van der Waals surface area (Å²) in [4.78, 5) is 14.4. The summed E-state index contributed by atoms with van der Waals surface area (Å²) in [7, 11) is 4.09. The highest BCUT2D eigenvalue weighted by Gasteiger charge is 2.40. The summed E-state index contributed by atoms with van der Waals surface area (Å²) in [6.45, 7) is 2.06. The van der Waals surface area contributed by atoms with E-state index in [1.54, 1.807) is 12.1 Å². The summed E-state index contributed by atoms with van der Waals surface area (Å²) < 4.78 is 18.7. The van der Waals surface area contributed by atoms with Gasteiger partial charge in [0.15, 0.2) is 0 Å². The first-order valence-electron chi connectivity index (χ1n) is 8.55. The van der Waals surface area contributed by atoms with Crippen molar-refractivity contribution in [1.29, 1.82) is 0 Å². The Balaban J connectivity index is 1.48. The number of hydrogen-bond donors (Lipinski definition) is 2. The number of carbonyl (C=O) groups excluding carboxylic acids is 1. The van der Waals surface area contributed by atoms with Crippen molar-refractivity contribution in [1.82, 2.24) is 15.5 Å². The summed E-state index contributed by atoms with van der Waals surface area (Å²) in [5.74, 6) is -0.00705. The average Bonchev–Trinajstić information content (AvgIpc) is 3.33. The fourth-order valence-electron chi connectivity index (χ4n) is 3.46. The molecule has 2 amide bonds. The van der Waals surface area contributed by atoms with Crippen LogP contribution < -0.4 is 10.6 Å². The molecule has 1 aromatic rings. The van der Waals surface area contributed by atoms with Crippen LogP contribution in [0.2, 0.25) is 0 Å². The Kier molecular flexibility index (Phi) is 5.06. The van der Waals surface area contributed by atoms with Crippen LogP contribution in [0.15, 0.2) is 24.3 Å². The van der Waals surface area contributed by atoms with Crippen LogP contribution in [0.3, 0.4) is 0 Å². The van der Waals surface area contributed by atoms with E-state index in [1.807, 2.05) is 20.2 Å². The topological polar surface area (TPSA) is 53.6 Å². The van der Waals surface area contributed by atoms with E-state index in [1.165, 1.54) is 6.07 Å². The van der Waals surface area contributed by atoms with E-state index in [0.717, 1.165) is 38.0 Å². The van der Waals surface area contributed by atoms with Crippen LogP contribution >= 0.6 is 0 Å². The molecule has 1 aromatic carbocycles. The van der Waals surface area contributed by atoms with Crippen molar-refractivity contribution in [3.05, 3.63) is 35.6 Å². The molecule has 0 radical (unpaired) electrons. The van der Waals surface area contributed by atoms with Crippen LogP contribution in [0.1, 0.15) is 30.7 Å². The number of benzene rings is 1. The molecule has 1 saturated carbocycles. The fraction of sp³-hybridized carbons (Fsp3) is 0.611. The number of urea groups is 1. The van der Waals surface area contributed by atoms with E-state index in [2.05, 4.69) is 15.5 Å². The van der Waals surface area contributed by atoms with E-state index in [9.17, 15) is 9.18 Å². The third-order valence-electron chi connectivity index (χ3n) is 5.33. The van der Waals surface area contributed by atoms with Gasteiger partial charge < -0.3 is 20.3 Å². The molecule has 2 fully saturated rings. The van der Waals surface area contributed by atoms with Gasteiger partial charge >= 0.3 is 6.03 Å². The molecular weight excluding hydrogens is 309 g/mol. The third-order valence-corrected chi connectivity index (χ3v) is 5.33. The van der Waals surface area contributed by atoms with Gasteiger partial charge in [-0.25, -0.2) is 9.18 Å². The maximum atomic E-state index is 13.3. The summed E-state index contributed by atoms with van der Waals surface area (Å²) in [5.41, 5.74) is 0.913. The Labute approximate surface area is 142 Å². The predicted octanol–water partition coefficient (Wildman–Crippen LogP) is 2.09. The largest absolute Gasteiger partial charge is 0.381 e. The lowest BCUT2D eigenvalue weighted by atomic mass is 9.88. The molecule has 5 nitrogen and oxygen atoms in total. The number of nitrogens with zero attached hydrogens (tertiary/aromatic N) is 1. The van der Waals surface area contributed by atoms with Gasteiger partial charge in [-0.15, -0.1) is 0 Å². The predicted molar refractivity (Wildman–Crippen MR) is 90.6 cm³/mol. The minimum atomic E-state index is -0.227. The van der Waals surface area contributed by atoms with Crippen molar-refractivity contribution >= 4 is 6.03 Å². The van der Waals surface area contributed by atoms with Gasteiger partial charge in [0.05, 0.1) is 0 Å². The van der Waals surface area contributed by atoms with E-state index >= 15 is 0 Å². The standard InChI is InChI=1S/C18H26FN3O2/c1-22(2)18(6-8-24-9-7-18)12-20-17(23)21-16-11-15(16)13-4-3-5-14(19)10-13/h3-5,10,15-16H,6-9,11-12H2,1-2H3,(H2,20,21,23)/t15-,16+/m1/s1. The highest BCUT2D eigenvalue weighted by atomic mass is 19.1. The lowest BCUT2D eigenvalue weighted by molar-refractivity contribution is -0.00572. The lowest BCUT2D eigenvalue weighted by Gasteiger charge is -2.42. The lowest BCUT2D eigenvalue weighted by Crippen LogP contribution is -2.56. The highest BCUT2D eigenvalue weighted by molar-refractivity contribution is 5.75. The van der Waals surface area contributed by atoms with Crippen molar-refractivity contribution < 1.29 is 13.9 Å². The quantitative estimate of drug-likeness (QED) is 0.866. The number of ether oxygens (including phenoxy) is 1. The molecular formula is C18H26FN3O2. The molecule has 2 aliphatic rings. The molecule has 2 atom stereocenters. The van der Waals surface area contributed by atoms with Crippen molar-refractivity contribution in [2.24, 2.45) is 0 Å². The first-order valence-corrected chi connectivity index (χ1v) is 8.55. The van der Waals surface area contributed by atoms with Gasteiger partial charge in [0, 0.05) is 37.3 Å². The summed E-state index contributed by atoms with van der Waals surface area (Å²) in [6.07, 6.45) is 2.69. The van der Waals surface area contributed by atoms with Crippen LogP contribution in [0, 0.1) is 5.82 Å². The number of nitrogens with one attached hydrogen (secondary N) is 2. The molecule has 1 saturated heterocycles. The summed E-state index contributed by atoms with van der Waals surface area (Å²) in [6, 6.07) is 6.56. The van der Waals surface area contributed by atoms with Gasteiger partial charge in [-0.1, -0.05) is 12.1 Å². The number of halogens is 1. The van der Waals surface area contributed by atoms with E-state index < -0.39 is 0 Å². The molecule has 0 aromatic heterocycles. The van der Waals surface area contributed by atoms with Gasteiger partial charge in [-0.3, -0.25) is 0 Å². The normalized spacial score (nSPS) is 25.3. The SMILES string of the molecule is CN(C)C1(CNC(=O)N[C@H]2C[C@@H]2c2cccc(F)c2)CCOCC1. The van der Waals surface area contributed by atoms with Crippen LogP contribution in [0.25, 0.3) is 0 Å². The fourth-order valence-corrected chi connectivity index (χ4v) is 3.46. The highest BCUT2D eigenvalue weighted by Crippen LogP contribution is 2.40. The molecule has 0 spiro atoms. The zero-order valence-corrected chi connectivity index (χ0v) is 14.3. The number of amides is 2. The van der Waals surface area contributed by atoms with Gasteiger partial charge in [-0.05, 0) is 51.1 Å². The van der Waals surface area contributed by atoms with Gasteiger partial charge in [0.2, 0.25) is 0 Å². The second-order valence-electron chi connectivity index (χ2n) is 7.06. The number of rotatable bonds is 5. The first kappa shape index (κ1) is 17.2. The van der Waals surface area contributed by atoms with Crippen LogP contribution in [0.5, 0.6) is 0 Å². The Bertz CT molecular complexity index is 587. The second-order valence-corrected chi connectivity index (χ2v) is 7.06. The second kappa shape index (κ2) is 7.07. The molecule has 2 N–H and O–H groups in total.